The molecule has 0 saturated carbocycles. The standard InChI is InChI=1S/C17H13Br2N/c18-15-9-4-10-16(19)17(15)20-11-13-7-3-6-12-5-1-2-8-14(12)13/h1-10,20H,11H2. The van der Waals surface area contributed by atoms with Crippen LogP contribution in [0.1, 0.15) is 5.56 Å². The third-order valence-corrected chi connectivity index (χ3v) is 4.62. The summed E-state index contributed by atoms with van der Waals surface area (Å²) in [6.07, 6.45) is 0. The van der Waals surface area contributed by atoms with Crippen molar-refractivity contribution in [3.05, 3.63) is 75.2 Å². The number of fused-ring (bicyclic) bond motifs is 1. The summed E-state index contributed by atoms with van der Waals surface area (Å²) >= 11 is 7.16. The van der Waals surface area contributed by atoms with Gasteiger partial charge in [0.25, 0.3) is 0 Å². The molecule has 3 rings (SSSR count). The van der Waals surface area contributed by atoms with Gasteiger partial charge in [-0.1, -0.05) is 48.5 Å². The van der Waals surface area contributed by atoms with E-state index in [2.05, 4.69) is 79.6 Å². The summed E-state index contributed by atoms with van der Waals surface area (Å²) in [4.78, 5) is 0. The quantitative estimate of drug-likeness (QED) is 0.580. The van der Waals surface area contributed by atoms with E-state index in [0.29, 0.717) is 0 Å². The summed E-state index contributed by atoms with van der Waals surface area (Å²) < 4.78 is 2.12. The molecule has 0 bridgehead atoms. The SMILES string of the molecule is Brc1cccc(Br)c1NCc1cccc2ccccc12. The molecule has 0 aliphatic rings. The van der Waals surface area contributed by atoms with Crippen LogP contribution in [0, 0.1) is 0 Å². The Morgan fingerprint density at radius 1 is 0.750 bits per heavy atom. The number of para-hydroxylation sites is 1. The third kappa shape index (κ3) is 2.74. The number of anilines is 1. The monoisotopic (exact) mass is 389 g/mol. The van der Waals surface area contributed by atoms with E-state index in [1.807, 2.05) is 18.2 Å². The molecular weight excluding hydrogens is 378 g/mol. The van der Waals surface area contributed by atoms with Crippen molar-refractivity contribution in [3.63, 3.8) is 0 Å². The summed E-state index contributed by atoms with van der Waals surface area (Å²) in [5.74, 6) is 0. The minimum absolute atomic E-state index is 0.794. The first-order valence-electron chi connectivity index (χ1n) is 6.40. The van der Waals surface area contributed by atoms with Gasteiger partial charge in [0.2, 0.25) is 0 Å². The van der Waals surface area contributed by atoms with Gasteiger partial charge in [-0.25, -0.2) is 0 Å². The van der Waals surface area contributed by atoms with Crippen molar-refractivity contribution in [2.75, 3.05) is 5.32 Å². The number of halogens is 2. The molecular formula is C17H13Br2N. The topological polar surface area (TPSA) is 12.0 Å². The van der Waals surface area contributed by atoms with Crippen LogP contribution in [0.2, 0.25) is 0 Å². The molecule has 3 heteroatoms. The molecule has 20 heavy (non-hydrogen) atoms. The highest BCUT2D eigenvalue weighted by atomic mass is 79.9. The Bertz CT molecular complexity index is 727. The van der Waals surface area contributed by atoms with Crippen LogP contribution >= 0.6 is 31.9 Å². The van der Waals surface area contributed by atoms with Gasteiger partial charge in [-0.3, -0.25) is 0 Å². The van der Waals surface area contributed by atoms with Gasteiger partial charge in [-0.2, -0.15) is 0 Å². The van der Waals surface area contributed by atoms with Gasteiger partial charge in [-0.15, -0.1) is 0 Å². The third-order valence-electron chi connectivity index (χ3n) is 3.30. The zero-order valence-electron chi connectivity index (χ0n) is 10.7. The molecule has 1 nitrogen and oxygen atoms in total. The maximum Gasteiger partial charge on any atom is 0.0631 e. The predicted molar refractivity (Wildman–Crippen MR) is 93.1 cm³/mol. The molecule has 0 amide bonds. The largest absolute Gasteiger partial charge is 0.379 e. The lowest BCUT2D eigenvalue weighted by Crippen LogP contribution is -2.01. The van der Waals surface area contributed by atoms with Gasteiger partial charge in [0.15, 0.2) is 0 Å². The predicted octanol–water partition coefficient (Wildman–Crippen LogP) is 5.98. The van der Waals surface area contributed by atoms with Crippen LogP contribution in [0.15, 0.2) is 69.6 Å². The van der Waals surface area contributed by atoms with Crippen LogP contribution in [0.5, 0.6) is 0 Å². The molecule has 3 aromatic rings. The minimum Gasteiger partial charge on any atom is -0.379 e. The molecule has 3 aromatic carbocycles. The highest BCUT2D eigenvalue weighted by Crippen LogP contribution is 2.31. The van der Waals surface area contributed by atoms with Crippen LogP contribution in [0.4, 0.5) is 5.69 Å². The van der Waals surface area contributed by atoms with E-state index < -0.39 is 0 Å². The molecule has 0 aliphatic carbocycles. The first-order chi connectivity index (χ1) is 9.75. The van der Waals surface area contributed by atoms with Crippen LogP contribution in [0.3, 0.4) is 0 Å². The van der Waals surface area contributed by atoms with Gasteiger partial charge in [0.1, 0.15) is 0 Å². The smallest absolute Gasteiger partial charge is 0.0631 e. The number of rotatable bonds is 3. The lowest BCUT2D eigenvalue weighted by atomic mass is 10.0. The number of benzene rings is 3. The van der Waals surface area contributed by atoms with Gasteiger partial charge in [-0.05, 0) is 60.3 Å². The van der Waals surface area contributed by atoms with Crippen LogP contribution in [-0.2, 0) is 6.54 Å². The van der Waals surface area contributed by atoms with Gasteiger partial charge >= 0.3 is 0 Å². The van der Waals surface area contributed by atoms with E-state index in [-0.39, 0.29) is 0 Å². The van der Waals surface area contributed by atoms with E-state index in [0.717, 1.165) is 21.2 Å². The highest BCUT2D eigenvalue weighted by molar-refractivity contribution is 9.11. The zero-order chi connectivity index (χ0) is 13.9. The summed E-state index contributed by atoms with van der Waals surface area (Å²) in [6.45, 7) is 0.794. The Balaban J connectivity index is 1.91. The van der Waals surface area contributed by atoms with Crippen molar-refractivity contribution in [1.29, 1.82) is 0 Å². The zero-order valence-corrected chi connectivity index (χ0v) is 13.9. The molecule has 0 atom stereocenters. The van der Waals surface area contributed by atoms with Crippen molar-refractivity contribution in [2.24, 2.45) is 0 Å². The highest BCUT2D eigenvalue weighted by Gasteiger charge is 2.05. The molecule has 0 aliphatic heterocycles. The van der Waals surface area contributed by atoms with Gasteiger partial charge in [0, 0.05) is 15.5 Å². The van der Waals surface area contributed by atoms with Crippen molar-refractivity contribution in [2.45, 2.75) is 6.54 Å². The van der Waals surface area contributed by atoms with Gasteiger partial charge < -0.3 is 5.32 Å². The van der Waals surface area contributed by atoms with Crippen molar-refractivity contribution in [3.8, 4) is 0 Å². The Kier molecular flexibility index (Phi) is 4.08. The second kappa shape index (κ2) is 5.98. The molecule has 1 N–H and O–H groups in total. The Morgan fingerprint density at radius 2 is 1.40 bits per heavy atom. The molecule has 0 radical (unpaired) electrons. The van der Waals surface area contributed by atoms with Gasteiger partial charge in [0.05, 0.1) is 5.69 Å². The summed E-state index contributed by atoms with van der Waals surface area (Å²) in [7, 11) is 0. The fraction of sp³-hybridized carbons (Fsp3) is 0.0588. The van der Waals surface area contributed by atoms with Crippen LogP contribution in [-0.4, -0.2) is 0 Å². The van der Waals surface area contributed by atoms with Crippen molar-refractivity contribution in [1.82, 2.24) is 0 Å². The van der Waals surface area contributed by atoms with E-state index in [1.54, 1.807) is 0 Å². The average molecular weight is 391 g/mol. The molecule has 0 saturated heterocycles. The first kappa shape index (κ1) is 13.7. The maximum atomic E-state index is 3.58. The maximum absolute atomic E-state index is 3.58. The van der Waals surface area contributed by atoms with E-state index in [4.69, 9.17) is 0 Å². The first-order valence-corrected chi connectivity index (χ1v) is 7.99. The second-order valence-electron chi connectivity index (χ2n) is 4.59. The van der Waals surface area contributed by atoms with E-state index in [1.165, 1.54) is 16.3 Å². The minimum atomic E-state index is 0.794. The fourth-order valence-corrected chi connectivity index (χ4v) is 3.58. The molecule has 0 fully saturated rings. The summed E-state index contributed by atoms with van der Waals surface area (Å²) in [6, 6.07) is 21.0. The molecule has 0 unspecified atom stereocenters. The summed E-state index contributed by atoms with van der Waals surface area (Å²) in [5.41, 5.74) is 2.38. The van der Waals surface area contributed by atoms with E-state index in [9.17, 15) is 0 Å². The number of hydrogen-bond donors (Lipinski definition) is 1. The number of nitrogens with one attached hydrogen (secondary N) is 1. The normalized spacial score (nSPS) is 10.7. The Hall–Kier alpha value is -1.32. The Morgan fingerprint density at radius 3 is 2.20 bits per heavy atom. The lowest BCUT2D eigenvalue weighted by Gasteiger charge is -2.12. The van der Waals surface area contributed by atoms with Crippen LogP contribution in [0.25, 0.3) is 10.8 Å². The van der Waals surface area contributed by atoms with Crippen molar-refractivity contribution < 1.29 is 0 Å². The number of hydrogen-bond acceptors (Lipinski definition) is 1. The lowest BCUT2D eigenvalue weighted by molar-refractivity contribution is 1.16. The molecule has 100 valence electrons. The average Bonchev–Trinajstić information content (AvgIpc) is 2.47. The Labute approximate surface area is 135 Å². The summed E-state index contributed by atoms with van der Waals surface area (Å²) in [5, 5.41) is 6.07. The van der Waals surface area contributed by atoms with E-state index >= 15 is 0 Å². The molecule has 0 spiro atoms. The fourth-order valence-electron chi connectivity index (χ4n) is 2.30. The molecule has 0 heterocycles. The van der Waals surface area contributed by atoms with Crippen molar-refractivity contribution >= 4 is 48.3 Å². The molecule has 0 aromatic heterocycles. The van der Waals surface area contributed by atoms with Crippen LogP contribution < -0.4 is 5.32 Å². The second-order valence-corrected chi connectivity index (χ2v) is 6.30.